The average Bonchev–Trinajstić information content (AvgIpc) is 3.22. The third kappa shape index (κ3) is 4.13. The lowest BCUT2D eigenvalue weighted by Crippen LogP contribution is -2.34. The Labute approximate surface area is 194 Å². The monoisotopic (exact) mass is 495 g/mol. The predicted octanol–water partition coefficient (Wildman–Crippen LogP) is 3.22. The van der Waals surface area contributed by atoms with Crippen LogP contribution in [0, 0.1) is 13.8 Å². The summed E-state index contributed by atoms with van der Waals surface area (Å²) < 4.78 is 2.32. The number of thioether (sulfide) groups is 1. The van der Waals surface area contributed by atoms with E-state index in [4.69, 9.17) is 29.0 Å². The van der Waals surface area contributed by atoms with Crippen LogP contribution in [0.1, 0.15) is 10.4 Å². The van der Waals surface area contributed by atoms with Gasteiger partial charge >= 0.3 is 0 Å². The average molecular weight is 496 g/mol. The number of nitrogens with two attached hydrogens (primary N) is 1. The van der Waals surface area contributed by atoms with Gasteiger partial charge in [0.2, 0.25) is 11.1 Å². The Bertz CT molecular complexity index is 1380. The number of carbonyl (C=O) groups excluding carboxylic acids is 1. The van der Waals surface area contributed by atoms with Crippen LogP contribution in [0.3, 0.4) is 0 Å². The van der Waals surface area contributed by atoms with Crippen LogP contribution in [0.25, 0.3) is 21.6 Å². The lowest BCUT2D eigenvalue weighted by molar-refractivity contribution is -0.114. The first-order chi connectivity index (χ1) is 14.8. The van der Waals surface area contributed by atoms with Crippen LogP contribution in [0.4, 0.5) is 0 Å². The van der Waals surface area contributed by atoms with E-state index in [1.807, 2.05) is 13.8 Å². The summed E-state index contributed by atoms with van der Waals surface area (Å²) in [6.45, 7) is 3.78. The van der Waals surface area contributed by atoms with E-state index in [2.05, 4.69) is 20.6 Å². The normalized spacial score (nSPS) is 11.2. The van der Waals surface area contributed by atoms with Crippen LogP contribution in [-0.4, -0.2) is 36.2 Å². The van der Waals surface area contributed by atoms with Crippen molar-refractivity contribution in [1.29, 1.82) is 0 Å². The second-order valence-corrected chi connectivity index (χ2v) is 9.50. The molecule has 3 heterocycles. The van der Waals surface area contributed by atoms with Gasteiger partial charge in [-0.1, -0.05) is 35.0 Å². The van der Waals surface area contributed by atoms with Gasteiger partial charge in [0.25, 0.3) is 5.56 Å². The van der Waals surface area contributed by atoms with Gasteiger partial charge in [0.05, 0.1) is 16.2 Å². The van der Waals surface area contributed by atoms with Gasteiger partial charge in [-0.2, -0.15) is 0 Å². The minimum Gasteiger partial charge on any atom is -0.335 e. The number of nitrogens with one attached hydrogen (secondary N) is 1. The standard InChI is InChI=1S/C18H15Cl2N7O2S2/c1-8-9(2)31-16-14(8)17(29)26(7-22-16)25-13(28)6-30-18-24-23-15(27(18)21)11-4-3-10(19)5-12(11)20/h3-5,7H,6,21H2,1-2H3,(H,25,28). The van der Waals surface area contributed by atoms with Crippen molar-refractivity contribution in [3.8, 4) is 11.4 Å². The Hall–Kier alpha value is -2.60. The van der Waals surface area contributed by atoms with Gasteiger partial charge < -0.3 is 5.84 Å². The predicted molar refractivity (Wildman–Crippen MR) is 124 cm³/mol. The third-order valence-electron chi connectivity index (χ3n) is 4.50. The summed E-state index contributed by atoms with van der Waals surface area (Å²) >= 11 is 14.6. The molecule has 0 bridgehead atoms. The number of aromatic nitrogens is 5. The fourth-order valence-corrected chi connectivity index (χ4v) is 4.97. The number of rotatable bonds is 5. The van der Waals surface area contributed by atoms with Crippen molar-refractivity contribution in [3.05, 3.63) is 55.4 Å². The van der Waals surface area contributed by atoms with Crippen LogP contribution in [0.15, 0.2) is 34.5 Å². The molecule has 160 valence electrons. The maximum Gasteiger partial charge on any atom is 0.281 e. The lowest BCUT2D eigenvalue weighted by Gasteiger charge is -2.08. The molecule has 0 aliphatic heterocycles. The molecule has 3 N–H and O–H groups in total. The quantitative estimate of drug-likeness (QED) is 0.322. The largest absolute Gasteiger partial charge is 0.335 e. The van der Waals surface area contributed by atoms with Gasteiger partial charge in [-0.3, -0.25) is 15.0 Å². The highest BCUT2D eigenvalue weighted by molar-refractivity contribution is 7.99. The Balaban J connectivity index is 1.48. The molecule has 0 aliphatic rings. The lowest BCUT2D eigenvalue weighted by atomic mass is 10.2. The van der Waals surface area contributed by atoms with Crippen molar-refractivity contribution in [2.45, 2.75) is 19.0 Å². The summed E-state index contributed by atoms with van der Waals surface area (Å²) in [5, 5.41) is 9.72. The van der Waals surface area contributed by atoms with Crippen molar-refractivity contribution in [3.63, 3.8) is 0 Å². The number of amides is 1. The van der Waals surface area contributed by atoms with Crippen molar-refractivity contribution >= 4 is 62.4 Å². The zero-order valence-corrected chi connectivity index (χ0v) is 19.4. The van der Waals surface area contributed by atoms with Crippen LogP contribution in [0.5, 0.6) is 0 Å². The van der Waals surface area contributed by atoms with Gasteiger partial charge in [-0.05, 0) is 37.6 Å². The van der Waals surface area contributed by atoms with E-state index in [0.717, 1.165) is 26.9 Å². The molecule has 0 radical (unpaired) electrons. The molecule has 0 atom stereocenters. The highest BCUT2D eigenvalue weighted by Gasteiger charge is 2.17. The van der Waals surface area contributed by atoms with E-state index in [9.17, 15) is 9.59 Å². The molecule has 31 heavy (non-hydrogen) atoms. The summed E-state index contributed by atoms with van der Waals surface area (Å²) in [7, 11) is 0. The zero-order chi connectivity index (χ0) is 22.3. The molecular formula is C18H15Cl2N7O2S2. The highest BCUT2D eigenvalue weighted by atomic mass is 35.5. The number of thiophene rings is 1. The molecule has 0 fully saturated rings. The number of nitrogens with zero attached hydrogens (tertiary/aromatic N) is 5. The van der Waals surface area contributed by atoms with Gasteiger partial charge in [-0.25, -0.2) is 14.3 Å². The summed E-state index contributed by atoms with van der Waals surface area (Å²) in [4.78, 5) is 31.0. The number of aryl methyl sites for hydroxylation is 2. The van der Waals surface area contributed by atoms with Crippen molar-refractivity contribution < 1.29 is 4.79 Å². The molecule has 0 saturated heterocycles. The van der Waals surface area contributed by atoms with Crippen LogP contribution in [0.2, 0.25) is 10.0 Å². The molecule has 0 aliphatic carbocycles. The molecule has 0 unspecified atom stereocenters. The Morgan fingerprint density at radius 2 is 2.06 bits per heavy atom. The first kappa shape index (κ1) is 21.6. The molecule has 9 nitrogen and oxygen atoms in total. The SMILES string of the molecule is Cc1sc2ncn(NC(=O)CSc3nnc(-c4ccc(Cl)cc4Cl)n3N)c(=O)c2c1C. The van der Waals surface area contributed by atoms with Gasteiger partial charge in [0.15, 0.2) is 5.82 Å². The van der Waals surface area contributed by atoms with Crippen LogP contribution >= 0.6 is 46.3 Å². The number of carbonyl (C=O) groups is 1. The van der Waals surface area contributed by atoms with Gasteiger partial charge in [0.1, 0.15) is 11.2 Å². The number of hydrogen-bond donors (Lipinski definition) is 2. The molecule has 0 saturated carbocycles. The van der Waals surface area contributed by atoms with E-state index in [1.54, 1.807) is 18.2 Å². The first-order valence-electron chi connectivity index (χ1n) is 8.82. The first-order valence-corrected chi connectivity index (χ1v) is 11.4. The summed E-state index contributed by atoms with van der Waals surface area (Å²) in [5.74, 6) is 5.93. The zero-order valence-electron chi connectivity index (χ0n) is 16.2. The second-order valence-electron chi connectivity index (χ2n) is 6.51. The van der Waals surface area contributed by atoms with E-state index in [1.165, 1.54) is 22.3 Å². The smallest absolute Gasteiger partial charge is 0.281 e. The van der Waals surface area contributed by atoms with Crippen LogP contribution < -0.4 is 16.8 Å². The molecule has 1 amide bonds. The minimum atomic E-state index is -0.424. The van der Waals surface area contributed by atoms with Gasteiger partial charge in [0, 0.05) is 15.5 Å². The maximum absolute atomic E-state index is 12.7. The molecule has 1 aromatic carbocycles. The molecule has 4 rings (SSSR count). The van der Waals surface area contributed by atoms with Crippen molar-refractivity contribution in [2.24, 2.45) is 0 Å². The number of halogens is 2. The Morgan fingerprint density at radius 1 is 1.29 bits per heavy atom. The Morgan fingerprint density at radius 3 is 2.81 bits per heavy atom. The fourth-order valence-electron chi connectivity index (χ4n) is 2.84. The molecule has 0 spiro atoms. The maximum atomic E-state index is 12.7. The Kier molecular flexibility index (Phi) is 5.93. The van der Waals surface area contributed by atoms with E-state index in [-0.39, 0.29) is 11.3 Å². The van der Waals surface area contributed by atoms with Crippen molar-refractivity contribution in [2.75, 3.05) is 17.0 Å². The topological polar surface area (TPSA) is 121 Å². The minimum absolute atomic E-state index is 0.0458. The van der Waals surface area contributed by atoms with E-state index >= 15 is 0 Å². The van der Waals surface area contributed by atoms with E-state index in [0.29, 0.717) is 36.8 Å². The molecule has 4 aromatic rings. The molecule has 13 heteroatoms. The second kappa shape index (κ2) is 8.50. The van der Waals surface area contributed by atoms with Crippen molar-refractivity contribution in [1.82, 2.24) is 24.5 Å². The molecule has 3 aromatic heterocycles. The van der Waals surface area contributed by atoms with Gasteiger partial charge in [-0.15, -0.1) is 21.5 Å². The fraction of sp³-hybridized carbons (Fsp3) is 0.167. The number of benzene rings is 1. The summed E-state index contributed by atoms with van der Waals surface area (Å²) in [6, 6.07) is 4.92. The summed E-state index contributed by atoms with van der Waals surface area (Å²) in [5.41, 5.74) is 3.63. The highest BCUT2D eigenvalue weighted by Crippen LogP contribution is 2.30. The number of fused-ring (bicyclic) bond motifs is 1. The third-order valence-corrected chi connectivity index (χ3v) is 7.11. The van der Waals surface area contributed by atoms with Crippen LogP contribution in [-0.2, 0) is 4.79 Å². The number of hydrogen-bond acceptors (Lipinski definition) is 8. The summed E-state index contributed by atoms with van der Waals surface area (Å²) in [6.07, 6.45) is 1.30. The van der Waals surface area contributed by atoms with E-state index < -0.39 is 5.91 Å². The number of nitrogen functional groups attached to an aromatic ring is 1. The molecular weight excluding hydrogens is 481 g/mol.